The van der Waals surface area contributed by atoms with Gasteiger partial charge in [-0.25, -0.2) is 0 Å². The van der Waals surface area contributed by atoms with Crippen molar-refractivity contribution in [3.8, 4) is 11.1 Å². The minimum atomic E-state index is -2.59. The Hall–Kier alpha value is -2.05. The van der Waals surface area contributed by atoms with Crippen LogP contribution in [-0.2, 0) is 32.1 Å². The van der Waals surface area contributed by atoms with Gasteiger partial charge in [0, 0.05) is 0 Å². The van der Waals surface area contributed by atoms with Crippen LogP contribution >= 0.6 is 0 Å². The van der Waals surface area contributed by atoms with Crippen molar-refractivity contribution in [3.63, 3.8) is 0 Å². The number of fused-ring (bicyclic) bond motifs is 5. The van der Waals surface area contributed by atoms with Gasteiger partial charge < -0.3 is 24.8 Å². The monoisotopic (exact) mass is 724 g/mol. The molecule has 0 saturated carbocycles. The van der Waals surface area contributed by atoms with Crippen molar-refractivity contribution in [2.45, 2.75) is 96.5 Å². The fourth-order valence-corrected chi connectivity index (χ4v) is 17.7. The van der Waals surface area contributed by atoms with Crippen LogP contribution in [0.25, 0.3) is 22.3 Å². The van der Waals surface area contributed by atoms with Crippen molar-refractivity contribution >= 4 is 14.4 Å². The third kappa shape index (κ3) is 5.61. The van der Waals surface area contributed by atoms with Gasteiger partial charge in [-0.1, -0.05) is 0 Å². The Morgan fingerprint density at radius 3 is 1.61 bits per heavy atom. The molecule has 3 aromatic rings. The fraction of sp³-hybridized carbons (Fsp3) is 0.372. The number of halogens is 2. The van der Waals surface area contributed by atoms with Crippen LogP contribution in [0, 0.1) is 12.8 Å². The second kappa shape index (κ2) is 12.4. The molecule has 7 rings (SSSR count). The van der Waals surface area contributed by atoms with Crippen molar-refractivity contribution in [2.24, 2.45) is 5.92 Å². The summed E-state index contributed by atoms with van der Waals surface area (Å²) in [5.41, 5.74) is 19.6. The quantitative estimate of drug-likeness (QED) is 0.331. The van der Waals surface area contributed by atoms with Gasteiger partial charge in [-0.15, -0.1) is 0 Å². The van der Waals surface area contributed by atoms with E-state index in [1.165, 1.54) is 50.1 Å². The van der Waals surface area contributed by atoms with Gasteiger partial charge in [-0.3, -0.25) is 0 Å². The van der Waals surface area contributed by atoms with E-state index in [2.05, 4.69) is 142 Å². The molecule has 0 saturated heterocycles. The number of allylic oxidation sites excluding steroid dienone is 8. The topological polar surface area (TPSA) is 0 Å². The van der Waals surface area contributed by atoms with Gasteiger partial charge in [0.15, 0.2) is 0 Å². The average Bonchev–Trinajstić information content (AvgIpc) is 3.47. The predicted octanol–water partition coefficient (Wildman–Crippen LogP) is 5.58. The van der Waals surface area contributed by atoms with Crippen LogP contribution in [0.1, 0.15) is 123 Å². The van der Waals surface area contributed by atoms with Crippen molar-refractivity contribution < 1.29 is 46.1 Å². The van der Waals surface area contributed by atoms with E-state index in [-0.39, 0.29) is 35.6 Å². The van der Waals surface area contributed by atoms with Gasteiger partial charge in [0.05, 0.1) is 0 Å². The normalized spacial score (nSPS) is 20.4. The van der Waals surface area contributed by atoms with E-state index in [4.69, 9.17) is 0 Å². The molecule has 46 heavy (non-hydrogen) atoms. The van der Waals surface area contributed by atoms with Crippen LogP contribution in [-0.4, -0.2) is 3.21 Å². The maximum absolute atomic E-state index is 2.70. The third-order valence-corrected chi connectivity index (χ3v) is 20.0. The molecule has 3 aromatic carbocycles. The Morgan fingerprint density at radius 1 is 0.696 bits per heavy atom. The van der Waals surface area contributed by atoms with E-state index in [0.717, 1.165) is 12.8 Å². The molecule has 0 heterocycles. The zero-order chi connectivity index (χ0) is 31.3. The van der Waals surface area contributed by atoms with Gasteiger partial charge >= 0.3 is 275 Å². The van der Waals surface area contributed by atoms with Gasteiger partial charge in [-0.2, -0.15) is 0 Å². The van der Waals surface area contributed by atoms with Crippen LogP contribution in [0.5, 0.6) is 0 Å². The molecular weight excluding hydrogens is 679 g/mol. The Labute approximate surface area is 298 Å². The molecule has 4 aliphatic carbocycles. The minimum absolute atomic E-state index is 0. The van der Waals surface area contributed by atoms with Gasteiger partial charge in [0.25, 0.3) is 0 Å². The molecular formula is C43H48Cl2Zr. The maximum atomic E-state index is 2.70. The molecule has 0 N–H and O–H groups in total. The summed E-state index contributed by atoms with van der Waals surface area (Å²) in [5.74, 6) is 0.510. The molecule has 3 heteroatoms. The summed E-state index contributed by atoms with van der Waals surface area (Å²) >= 11 is -2.59. The summed E-state index contributed by atoms with van der Waals surface area (Å²) in [4.78, 5) is 0. The zero-order valence-corrected chi connectivity index (χ0v) is 33.2. The van der Waals surface area contributed by atoms with Crippen LogP contribution in [0.15, 0.2) is 81.7 Å². The summed E-state index contributed by atoms with van der Waals surface area (Å²) < 4.78 is 3.91. The summed E-state index contributed by atoms with van der Waals surface area (Å²) in [6.45, 7) is 23.9. The fourth-order valence-electron chi connectivity index (χ4n) is 8.47. The van der Waals surface area contributed by atoms with Gasteiger partial charge in [0.2, 0.25) is 0 Å². The van der Waals surface area contributed by atoms with E-state index in [1.54, 1.807) is 28.7 Å². The number of hydrogen-bond acceptors (Lipinski definition) is 0. The van der Waals surface area contributed by atoms with E-state index < -0.39 is 21.3 Å². The van der Waals surface area contributed by atoms with E-state index in [9.17, 15) is 0 Å². The Bertz CT molecular complexity index is 1820. The predicted molar refractivity (Wildman–Crippen MR) is 188 cm³/mol. The van der Waals surface area contributed by atoms with Gasteiger partial charge in [-0.05, 0) is 0 Å². The minimum Gasteiger partial charge on any atom is -1.00 e. The molecule has 238 valence electrons. The smallest absolute Gasteiger partial charge is 1.00 e. The first kappa shape index (κ1) is 35.3. The molecule has 0 nitrogen and oxygen atoms in total. The van der Waals surface area contributed by atoms with Crippen LogP contribution in [0.4, 0.5) is 0 Å². The molecule has 0 aromatic heterocycles. The molecule has 0 amide bonds. The molecule has 1 atom stereocenters. The molecule has 1 unspecified atom stereocenters. The Morgan fingerprint density at radius 2 is 1.17 bits per heavy atom. The summed E-state index contributed by atoms with van der Waals surface area (Å²) in [6, 6.07) is 20.0. The maximum Gasteiger partial charge on any atom is -1.00 e. The van der Waals surface area contributed by atoms with E-state index >= 15 is 0 Å². The Balaban J connectivity index is 0.00000208. The molecule has 0 bridgehead atoms. The molecule has 0 radical (unpaired) electrons. The summed E-state index contributed by atoms with van der Waals surface area (Å²) in [5, 5.41) is 0. The number of hydrogen-bond donors (Lipinski definition) is 0. The number of rotatable bonds is 3. The standard InChI is InChI=1S/C27H29.C9H10.C7H9.2ClH.Zr/c1-16-7-9-26(3,4)24-12-18-11-19-13-25-21(17(2)8-10-27(25,5)6)15-23(19)22(18)14-20(16)24;1-3-9-6-4-8(2)5-7-9;1-6-3-4-7(2)5-6;;;/h7-8,11-15H,9-10H2,1-6H3;4-7H,1-2H3;3,5,7H,1-2H3;2*1H;/q;;;;;+2/p-2. The molecule has 4 aliphatic rings. The van der Waals surface area contributed by atoms with Crippen molar-refractivity contribution in [1.29, 1.82) is 0 Å². The van der Waals surface area contributed by atoms with Crippen molar-refractivity contribution in [3.05, 3.63) is 126 Å². The third-order valence-electron chi connectivity index (χ3n) is 11.3. The van der Waals surface area contributed by atoms with Crippen molar-refractivity contribution in [2.75, 3.05) is 0 Å². The van der Waals surface area contributed by atoms with Gasteiger partial charge in [0.1, 0.15) is 0 Å². The molecule has 0 spiro atoms. The van der Waals surface area contributed by atoms with Crippen LogP contribution in [0.2, 0.25) is 0 Å². The summed E-state index contributed by atoms with van der Waals surface area (Å²) in [6.07, 6.45) is 12.3. The average molecular weight is 727 g/mol. The zero-order valence-electron chi connectivity index (χ0n) is 29.3. The largest absolute Gasteiger partial charge is 1.00 e. The first-order chi connectivity index (χ1) is 20.8. The van der Waals surface area contributed by atoms with E-state index in [0.29, 0.717) is 9.54 Å². The van der Waals surface area contributed by atoms with E-state index in [1.807, 2.05) is 0 Å². The van der Waals surface area contributed by atoms with Crippen molar-refractivity contribution in [1.82, 2.24) is 0 Å². The molecule has 0 aliphatic heterocycles. The second-order valence-corrected chi connectivity index (χ2v) is 22.3. The summed E-state index contributed by atoms with van der Waals surface area (Å²) in [7, 11) is 0. The second-order valence-electron chi connectivity index (χ2n) is 15.6. The molecule has 0 fully saturated rings. The SMILES string of the molecule is CC1=CC(C)[C](/[Zr+2](=[C](/C)c2ccc(C)cc2)[CH]2c3cc4c(cc3-c3cc5c(cc32)C(C)(C)CC=C5C)C(C)=CCC4(C)C)=C1.[Cl-].[Cl-]. The first-order valence-electron chi connectivity index (χ1n) is 16.7. The number of benzene rings is 3. The van der Waals surface area contributed by atoms with Crippen LogP contribution in [0.3, 0.4) is 0 Å². The van der Waals surface area contributed by atoms with Crippen LogP contribution < -0.4 is 24.8 Å². The Kier molecular flexibility index (Phi) is 9.54. The first-order valence-corrected chi connectivity index (χ1v) is 20.5. The number of aryl methyl sites for hydroxylation is 1.